The summed E-state index contributed by atoms with van der Waals surface area (Å²) in [6, 6.07) is -1.12. The number of quaternary nitrogens is 1. The molecule has 0 saturated carbocycles. The second-order valence-corrected chi connectivity index (χ2v) is 4.17. The standard InChI is InChI=1S/C9H17NO4/c1-6(11)9(10(2,3)4)7(12)5-8(13)14/h7,9,12H,5H2,1-4H3/i7D. The number of nitrogens with zero attached hydrogens (tertiary/aromatic N) is 1. The number of aliphatic hydroxyl groups is 1. The quantitative estimate of drug-likeness (QED) is 0.533. The van der Waals surface area contributed by atoms with Crippen LogP contribution in [0.1, 0.15) is 14.7 Å². The molecule has 0 rings (SSSR count). The van der Waals surface area contributed by atoms with Gasteiger partial charge in [-0.15, -0.1) is 0 Å². The van der Waals surface area contributed by atoms with Crippen molar-refractivity contribution in [1.82, 2.24) is 0 Å². The van der Waals surface area contributed by atoms with Crippen LogP contribution in [0.2, 0.25) is 0 Å². The summed E-state index contributed by atoms with van der Waals surface area (Å²) in [7, 11) is 4.84. The van der Waals surface area contributed by atoms with Gasteiger partial charge >= 0.3 is 0 Å². The molecule has 0 aromatic carbocycles. The maximum absolute atomic E-state index is 11.3. The van der Waals surface area contributed by atoms with Crippen molar-refractivity contribution in [2.45, 2.75) is 25.5 Å². The van der Waals surface area contributed by atoms with Crippen LogP contribution >= 0.6 is 0 Å². The smallest absolute Gasteiger partial charge is 0.189 e. The average molecular weight is 204 g/mol. The first-order valence-corrected chi connectivity index (χ1v) is 4.22. The summed E-state index contributed by atoms with van der Waals surface area (Å²) >= 11 is 0. The molecule has 0 radical (unpaired) electrons. The largest absolute Gasteiger partial charge is 0.550 e. The molecule has 2 atom stereocenters. The van der Waals surface area contributed by atoms with Crippen molar-refractivity contribution in [3.8, 4) is 0 Å². The monoisotopic (exact) mass is 204 g/mol. The van der Waals surface area contributed by atoms with Gasteiger partial charge in [-0.25, -0.2) is 0 Å². The first-order valence-electron chi connectivity index (χ1n) is 4.72. The summed E-state index contributed by atoms with van der Waals surface area (Å²) in [5.41, 5.74) is 0. The van der Waals surface area contributed by atoms with Gasteiger partial charge in [-0.2, -0.15) is 0 Å². The SMILES string of the molecule is [2H]C(O)(CC(=O)[O-])C(C(C)=O)[N+](C)(C)C. The van der Waals surface area contributed by atoms with Gasteiger partial charge in [0.25, 0.3) is 0 Å². The average Bonchev–Trinajstić information content (AvgIpc) is 1.74. The summed E-state index contributed by atoms with van der Waals surface area (Å²) in [6.07, 6.45) is -3.23. The van der Waals surface area contributed by atoms with Crippen molar-refractivity contribution < 1.29 is 25.7 Å². The first-order chi connectivity index (χ1) is 6.48. The fourth-order valence-corrected chi connectivity index (χ4v) is 1.47. The van der Waals surface area contributed by atoms with E-state index >= 15 is 0 Å². The molecule has 0 heterocycles. The van der Waals surface area contributed by atoms with Gasteiger partial charge in [0.05, 0.1) is 22.5 Å². The Labute approximate surface area is 84.9 Å². The number of hydrogen-bond donors (Lipinski definition) is 1. The molecule has 0 aliphatic rings. The minimum absolute atomic E-state index is 0.0113. The zero-order valence-corrected chi connectivity index (χ0v) is 8.90. The molecule has 0 spiro atoms. The summed E-state index contributed by atoms with van der Waals surface area (Å²) in [4.78, 5) is 21.7. The van der Waals surface area contributed by atoms with E-state index in [2.05, 4.69) is 0 Å². The molecule has 2 unspecified atom stereocenters. The minimum Gasteiger partial charge on any atom is -0.550 e. The number of Topliss-reactive ketones (excluding diaryl/α,β-unsaturated/α-hetero) is 1. The van der Waals surface area contributed by atoms with E-state index in [9.17, 15) is 19.8 Å². The van der Waals surface area contributed by atoms with Crippen LogP contribution in [0.4, 0.5) is 0 Å². The minimum atomic E-state index is -2.34. The van der Waals surface area contributed by atoms with Crippen LogP contribution < -0.4 is 5.11 Å². The fourth-order valence-electron chi connectivity index (χ4n) is 1.47. The summed E-state index contributed by atoms with van der Waals surface area (Å²) in [6.45, 7) is 1.23. The van der Waals surface area contributed by atoms with E-state index in [-0.39, 0.29) is 4.48 Å². The predicted octanol–water partition coefficient (Wildman–Crippen LogP) is -1.85. The Kier molecular flexibility index (Phi) is 3.60. The molecule has 0 saturated heterocycles. The molecule has 5 heteroatoms. The van der Waals surface area contributed by atoms with E-state index in [1.807, 2.05) is 0 Å². The molecule has 0 fully saturated rings. The van der Waals surface area contributed by atoms with Crippen molar-refractivity contribution >= 4 is 11.8 Å². The molecule has 0 aromatic heterocycles. The van der Waals surface area contributed by atoms with E-state index in [1.165, 1.54) is 6.92 Å². The molecule has 5 nitrogen and oxygen atoms in total. The highest BCUT2D eigenvalue weighted by molar-refractivity contribution is 5.81. The topological polar surface area (TPSA) is 77.4 Å². The highest BCUT2D eigenvalue weighted by atomic mass is 16.4. The lowest BCUT2D eigenvalue weighted by Gasteiger charge is -2.35. The number of likely N-dealkylation sites (N-methyl/N-ethyl adjacent to an activating group) is 1. The van der Waals surface area contributed by atoms with Crippen molar-refractivity contribution in [1.29, 1.82) is 0 Å². The third-order valence-corrected chi connectivity index (χ3v) is 1.80. The Morgan fingerprint density at radius 1 is 1.50 bits per heavy atom. The third-order valence-electron chi connectivity index (χ3n) is 1.80. The van der Waals surface area contributed by atoms with Crippen LogP contribution in [0, 0.1) is 0 Å². The number of hydrogen-bond acceptors (Lipinski definition) is 4. The number of carboxylic acid groups (broad SMARTS) is 1. The first kappa shape index (κ1) is 11.1. The van der Waals surface area contributed by atoms with Crippen molar-refractivity contribution in [3.63, 3.8) is 0 Å². The highest BCUT2D eigenvalue weighted by Gasteiger charge is 2.35. The number of ketones is 1. The van der Waals surface area contributed by atoms with E-state index in [0.29, 0.717) is 0 Å². The Bertz CT molecular complexity index is 270. The molecule has 0 aliphatic carbocycles. The number of carbonyl (C=O) groups excluding carboxylic acids is 2. The molecule has 0 bridgehead atoms. The van der Waals surface area contributed by atoms with E-state index < -0.39 is 30.3 Å². The molecule has 0 amide bonds. The van der Waals surface area contributed by atoms with E-state index in [1.54, 1.807) is 21.1 Å². The van der Waals surface area contributed by atoms with Crippen LogP contribution in [-0.4, -0.2) is 54.6 Å². The Morgan fingerprint density at radius 2 is 1.93 bits per heavy atom. The van der Waals surface area contributed by atoms with Crippen molar-refractivity contribution in [3.05, 3.63) is 0 Å². The summed E-state index contributed by atoms with van der Waals surface area (Å²) in [5, 5.41) is 20.0. The van der Waals surface area contributed by atoms with Crippen LogP contribution in [0.3, 0.4) is 0 Å². The summed E-state index contributed by atoms with van der Waals surface area (Å²) in [5.74, 6) is -1.98. The van der Waals surface area contributed by atoms with Crippen LogP contribution in [0.15, 0.2) is 0 Å². The number of rotatable bonds is 5. The molecular formula is C9H17NO4. The predicted molar refractivity (Wildman–Crippen MR) is 48.1 cm³/mol. The third kappa shape index (κ3) is 3.85. The van der Waals surface area contributed by atoms with Gasteiger partial charge in [-0.05, 0) is 0 Å². The lowest BCUT2D eigenvalue weighted by molar-refractivity contribution is -0.889. The molecule has 1 N–H and O–H groups in total. The van der Waals surface area contributed by atoms with Gasteiger partial charge < -0.3 is 19.5 Å². The van der Waals surface area contributed by atoms with E-state index in [0.717, 1.165) is 0 Å². The van der Waals surface area contributed by atoms with Crippen molar-refractivity contribution in [2.24, 2.45) is 0 Å². The zero-order valence-electron chi connectivity index (χ0n) is 9.90. The molecule has 0 aliphatic heterocycles. The lowest BCUT2D eigenvalue weighted by Crippen LogP contribution is -2.56. The Morgan fingerprint density at radius 3 is 2.14 bits per heavy atom. The van der Waals surface area contributed by atoms with Crippen LogP contribution in [0.5, 0.6) is 0 Å². The molecular weight excluding hydrogens is 186 g/mol. The number of carbonyl (C=O) groups is 2. The normalized spacial score (nSPS) is 19.4. The van der Waals surface area contributed by atoms with Crippen molar-refractivity contribution in [2.75, 3.05) is 21.1 Å². The molecule has 82 valence electrons. The van der Waals surface area contributed by atoms with Gasteiger partial charge in [-0.1, -0.05) is 0 Å². The highest BCUT2D eigenvalue weighted by Crippen LogP contribution is 2.11. The van der Waals surface area contributed by atoms with Gasteiger partial charge in [-0.3, -0.25) is 4.79 Å². The lowest BCUT2D eigenvalue weighted by atomic mass is 10.0. The Balaban J connectivity index is 5.08. The van der Waals surface area contributed by atoms with Crippen LogP contribution in [0.25, 0.3) is 0 Å². The van der Waals surface area contributed by atoms with Crippen LogP contribution in [-0.2, 0) is 9.59 Å². The molecule has 0 aromatic rings. The second-order valence-electron chi connectivity index (χ2n) is 4.17. The Hall–Kier alpha value is -0.940. The maximum atomic E-state index is 11.3. The number of carboxylic acids is 1. The van der Waals surface area contributed by atoms with Gasteiger partial charge in [0.15, 0.2) is 11.8 Å². The maximum Gasteiger partial charge on any atom is 0.189 e. The number of aliphatic carboxylic acids is 1. The zero-order chi connectivity index (χ0) is 12.4. The fraction of sp³-hybridized carbons (Fsp3) is 0.778. The molecule has 14 heavy (non-hydrogen) atoms. The van der Waals surface area contributed by atoms with Gasteiger partial charge in [0, 0.05) is 19.3 Å². The second kappa shape index (κ2) is 4.52. The van der Waals surface area contributed by atoms with Gasteiger partial charge in [0.1, 0.15) is 6.08 Å². The summed E-state index contributed by atoms with van der Waals surface area (Å²) < 4.78 is 7.49. The van der Waals surface area contributed by atoms with Gasteiger partial charge in [0.2, 0.25) is 0 Å². The van der Waals surface area contributed by atoms with E-state index in [4.69, 9.17) is 1.37 Å².